The van der Waals surface area contributed by atoms with E-state index in [9.17, 15) is 9.59 Å². The van der Waals surface area contributed by atoms with Crippen LogP contribution in [0.15, 0.2) is 0 Å². The third-order valence-corrected chi connectivity index (χ3v) is 3.29. The molecule has 1 rings (SSSR count). The molecule has 0 aromatic heterocycles. The monoisotopic (exact) mass is 242 g/mol. The lowest BCUT2D eigenvalue weighted by Gasteiger charge is -2.28. The summed E-state index contributed by atoms with van der Waals surface area (Å²) in [6.45, 7) is 2.18. The van der Waals surface area contributed by atoms with Gasteiger partial charge in [0.2, 0.25) is 5.91 Å². The van der Waals surface area contributed by atoms with Gasteiger partial charge in [0, 0.05) is 12.5 Å². The number of carbonyl (C=O) groups excluding carboxylic acids is 1. The minimum atomic E-state index is -0.917. The molecule has 1 aliphatic carbocycles. The number of amides is 1. The first-order valence-electron chi connectivity index (χ1n) is 6.26. The molecule has 1 saturated carbocycles. The van der Waals surface area contributed by atoms with Gasteiger partial charge >= 0.3 is 5.97 Å². The van der Waals surface area contributed by atoms with Crippen molar-refractivity contribution in [2.75, 3.05) is 0 Å². The normalized spacial score (nSPS) is 26.2. The van der Waals surface area contributed by atoms with E-state index in [0.29, 0.717) is 5.92 Å². The van der Waals surface area contributed by atoms with Crippen LogP contribution in [-0.4, -0.2) is 29.1 Å². The number of carboxylic acid groups (broad SMARTS) is 1. The van der Waals surface area contributed by atoms with Crippen LogP contribution in [0.4, 0.5) is 0 Å². The van der Waals surface area contributed by atoms with Crippen molar-refractivity contribution in [3.63, 3.8) is 0 Å². The molecule has 0 aromatic carbocycles. The molecule has 98 valence electrons. The number of carbonyl (C=O) groups is 2. The van der Waals surface area contributed by atoms with Crippen LogP contribution in [0.3, 0.4) is 0 Å². The maximum absolute atomic E-state index is 11.7. The second kappa shape index (κ2) is 6.59. The largest absolute Gasteiger partial charge is 0.481 e. The molecule has 0 heterocycles. The fourth-order valence-electron chi connectivity index (χ4n) is 2.28. The lowest BCUT2D eigenvalue weighted by atomic mass is 9.87. The lowest BCUT2D eigenvalue weighted by molar-refractivity contribution is -0.137. The average Bonchev–Trinajstić information content (AvgIpc) is 2.25. The highest BCUT2D eigenvalue weighted by molar-refractivity contribution is 5.82. The van der Waals surface area contributed by atoms with E-state index < -0.39 is 12.0 Å². The summed E-state index contributed by atoms with van der Waals surface area (Å²) in [7, 11) is 0. The van der Waals surface area contributed by atoms with Gasteiger partial charge in [-0.3, -0.25) is 9.59 Å². The van der Waals surface area contributed by atoms with Gasteiger partial charge in [0.05, 0.1) is 6.04 Å². The van der Waals surface area contributed by atoms with Crippen molar-refractivity contribution in [1.82, 2.24) is 5.32 Å². The Morgan fingerprint density at radius 2 is 2.18 bits per heavy atom. The molecule has 3 unspecified atom stereocenters. The van der Waals surface area contributed by atoms with E-state index in [2.05, 4.69) is 12.2 Å². The summed E-state index contributed by atoms with van der Waals surface area (Å²) in [6, 6.07) is -0.495. The second-order valence-corrected chi connectivity index (χ2v) is 5.02. The van der Waals surface area contributed by atoms with Crippen LogP contribution < -0.4 is 11.1 Å². The lowest BCUT2D eigenvalue weighted by Crippen LogP contribution is -2.46. The zero-order chi connectivity index (χ0) is 12.8. The second-order valence-electron chi connectivity index (χ2n) is 5.02. The van der Waals surface area contributed by atoms with Crippen LogP contribution in [0.5, 0.6) is 0 Å². The maximum atomic E-state index is 11.7. The molecule has 5 nitrogen and oxygen atoms in total. The van der Waals surface area contributed by atoms with E-state index in [-0.39, 0.29) is 24.8 Å². The number of nitrogens with one attached hydrogen (secondary N) is 1. The molecule has 5 heteroatoms. The summed E-state index contributed by atoms with van der Waals surface area (Å²) < 4.78 is 0. The molecule has 17 heavy (non-hydrogen) atoms. The Labute approximate surface area is 102 Å². The average molecular weight is 242 g/mol. The first kappa shape index (κ1) is 14.0. The predicted molar refractivity (Wildman–Crippen MR) is 64.4 cm³/mol. The number of aliphatic carboxylic acids is 1. The highest BCUT2D eigenvalue weighted by Crippen LogP contribution is 2.23. The molecular weight excluding hydrogens is 220 g/mol. The third kappa shape index (κ3) is 5.17. The molecule has 3 atom stereocenters. The third-order valence-electron chi connectivity index (χ3n) is 3.29. The van der Waals surface area contributed by atoms with Crippen molar-refractivity contribution in [1.29, 1.82) is 0 Å². The number of nitrogens with two attached hydrogens (primary N) is 1. The fourth-order valence-corrected chi connectivity index (χ4v) is 2.28. The molecule has 0 radical (unpaired) electrons. The highest BCUT2D eigenvalue weighted by Gasteiger charge is 2.23. The van der Waals surface area contributed by atoms with E-state index in [1.165, 1.54) is 6.42 Å². The number of hydrogen-bond donors (Lipinski definition) is 3. The van der Waals surface area contributed by atoms with Crippen LogP contribution in [0.2, 0.25) is 0 Å². The fraction of sp³-hybridized carbons (Fsp3) is 0.833. The molecule has 0 spiro atoms. The topological polar surface area (TPSA) is 92.4 Å². The molecule has 0 saturated heterocycles. The maximum Gasteiger partial charge on any atom is 0.303 e. The van der Waals surface area contributed by atoms with Gasteiger partial charge in [0.25, 0.3) is 0 Å². The Hall–Kier alpha value is -1.10. The molecule has 0 aliphatic heterocycles. The molecule has 1 amide bonds. The zero-order valence-electron chi connectivity index (χ0n) is 10.3. The minimum absolute atomic E-state index is 0.0599. The van der Waals surface area contributed by atoms with Crippen molar-refractivity contribution in [3.8, 4) is 0 Å². The number of hydrogen-bond acceptors (Lipinski definition) is 3. The summed E-state index contributed by atoms with van der Waals surface area (Å²) in [6.07, 6.45) is 4.49. The van der Waals surface area contributed by atoms with E-state index in [4.69, 9.17) is 10.8 Å². The quantitative estimate of drug-likeness (QED) is 0.667. The predicted octanol–water partition coefficient (Wildman–Crippen LogP) is 0.873. The summed E-state index contributed by atoms with van der Waals surface area (Å²) in [5.74, 6) is -0.491. The molecular formula is C12H22N2O3. The van der Waals surface area contributed by atoms with Crippen LogP contribution in [-0.2, 0) is 9.59 Å². The van der Waals surface area contributed by atoms with Crippen molar-refractivity contribution in [2.24, 2.45) is 11.7 Å². The Balaban J connectivity index is 2.29. The number of rotatable bonds is 5. The SMILES string of the molecule is CC1CCCC(NC(=O)C(N)CCC(=O)O)C1. The smallest absolute Gasteiger partial charge is 0.303 e. The molecule has 1 fully saturated rings. The van der Waals surface area contributed by atoms with Gasteiger partial charge in [0.15, 0.2) is 0 Å². The van der Waals surface area contributed by atoms with Gasteiger partial charge in [-0.05, 0) is 25.2 Å². The molecule has 1 aliphatic rings. The first-order chi connectivity index (χ1) is 7.99. The number of carboxylic acids is 1. The first-order valence-corrected chi connectivity index (χ1v) is 6.26. The van der Waals surface area contributed by atoms with Gasteiger partial charge < -0.3 is 16.2 Å². The summed E-state index contributed by atoms with van der Waals surface area (Å²) in [4.78, 5) is 22.1. The van der Waals surface area contributed by atoms with Crippen LogP contribution in [0.25, 0.3) is 0 Å². The standard InChI is InChI=1S/C12H22N2O3/c1-8-3-2-4-9(7-8)14-12(17)10(13)5-6-11(15)16/h8-10H,2-7,13H2,1H3,(H,14,17)(H,15,16). The van der Waals surface area contributed by atoms with Gasteiger partial charge in [-0.1, -0.05) is 19.8 Å². The molecule has 4 N–H and O–H groups in total. The Kier molecular flexibility index (Phi) is 5.41. The zero-order valence-corrected chi connectivity index (χ0v) is 10.3. The van der Waals surface area contributed by atoms with Crippen LogP contribution in [0, 0.1) is 5.92 Å². The highest BCUT2D eigenvalue weighted by atomic mass is 16.4. The van der Waals surface area contributed by atoms with E-state index in [1.54, 1.807) is 0 Å². The van der Waals surface area contributed by atoms with Crippen molar-refractivity contribution < 1.29 is 14.7 Å². The van der Waals surface area contributed by atoms with Crippen LogP contribution >= 0.6 is 0 Å². The van der Waals surface area contributed by atoms with Crippen molar-refractivity contribution in [3.05, 3.63) is 0 Å². The van der Waals surface area contributed by atoms with Crippen molar-refractivity contribution >= 4 is 11.9 Å². The molecule has 0 aromatic rings. The van der Waals surface area contributed by atoms with Gasteiger partial charge in [-0.15, -0.1) is 0 Å². The molecule has 0 bridgehead atoms. The van der Waals surface area contributed by atoms with E-state index >= 15 is 0 Å². The van der Waals surface area contributed by atoms with Gasteiger partial charge in [-0.25, -0.2) is 0 Å². The van der Waals surface area contributed by atoms with Gasteiger partial charge in [0.1, 0.15) is 0 Å². The van der Waals surface area contributed by atoms with E-state index in [0.717, 1.165) is 19.3 Å². The summed E-state index contributed by atoms with van der Waals surface area (Å²) >= 11 is 0. The Bertz CT molecular complexity index is 281. The van der Waals surface area contributed by atoms with Crippen molar-refractivity contribution in [2.45, 2.75) is 57.5 Å². The summed E-state index contributed by atoms with van der Waals surface area (Å²) in [5, 5.41) is 11.4. The Morgan fingerprint density at radius 3 is 2.76 bits per heavy atom. The summed E-state index contributed by atoms with van der Waals surface area (Å²) in [5.41, 5.74) is 5.64. The minimum Gasteiger partial charge on any atom is -0.481 e. The Morgan fingerprint density at radius 1 is 1.47 bits per heavy atom. The van der Waals surface area contributed by atoms with Crippen LogP contribution in [0.1, 0.15) is 45.4 Å². The van der Waals surface area contributed by atoms with Gasteiger partial charge in [-0.2, -0.15) is 0 Å². The van der Waals surface area contributed by atoms with E-state index in [1.807, 2.05) is 0 Å².